The first kappa shape index (κ1) is 19.0. The number of hydrogen-bond donors (Lipinski definition) is 1. The third kappa shape index (κ3) is 3.40. The third-order valence-electron chi connectivity index (χ3n) is 6.51. The van der Waals surface area contributed by atoms with E-state index >= 15 is 0 Å². The molecule has 0 radical (unpaired) electrons. The highest BCUT2D eigenvalue weighted by Gasteiger charge is 2.52. The summed E-state index contributed by atoms with van der Waals surface area (Å²) >= 11 is 0. The first-order chi connectivity index (χ1) is 13.5. The number of carbonyl (C=O) groups excluding carboxylic acids is 3. The molecule has 28 heavy (non-hydrogen) atoms. The zero-order valence-corrected chi connectivity index (χ0v) is 16.6. The molecule has 2 heterocycles. The Labute approximate surface area is 166 Å². The number of benzene rings is 1. The van der Waals surface area contributed by atoms with Gasteiger partial charge in [0.1, 0.15) is 5.54 Å². The molecule has 6 nitrogen and oxygen atoms in total. The van der Waals surface area contributed by atoms with Crippen LogP contribution in [0.3, 0.4) is 0 Å². The van der Waals surface area contributed by atoms with Gasteiger partial charge in [0.05, 0.1) is 6.04 Å². The Morgan fingerprint density at radius 3 is 2.57 bits per heavy atom. The summed E-state index contributed by atoms with van der Waals surface area (Å²) in [7, 11) is 0. The SMILES string of the molecule is Cc1ccc(C2CCCN2C(=O)CCCN2C(=O)NC3(CCCC3)C2=O)cc1. The van der Waals surface area contributed by atoms with E-state index in [2.05, 4.69) is 36.5 Å². The van der Waals surface area contributed by atoms with Crippen LogP contribution in [0.1, 0.15) is 68.5 Å². The number of imide groups is 1. The maximum absolute atomic E-state index is 12.8. The minimum absolute atomic E-state index is 0.0962. The molecule has 1 saturated carbocycles. The smallest absolute Gasteiger partial charge is 0.325 e. The molecule has 1 aromatic rings. The monoisotopic (exact) mass is 383 g/mol. The summed E-state index contributed by atoms with van der Waals surface area (Å²) in [6.07, 6.45) is 6.32. The van der Waals surface area contributed by atoms with Crippen molar-refractivity contribution in [2.45, 2.75) is 69.9 Å². The van der Waals surface area contributed by atoms with Crippen molar-refractivity contribution in [3.05, 3.63) is 35.4 Å². The Bertz CT molecular complexity index is 768. The van der Waals surface area contributed by atoms with Crippen LogP contribution in [0.25, 0.3) is 0 Å². The molecule has 1 unspecified atom stereocenters. The van der Waals surface area contributed by atoms with Crippen LogP contribution in [0.4, 0.5) is 4.79 Å². The van der Waals surface area contributed by atoms with Gasteiger partial charge in [-0.05, 0) is 44.6 Å². The molecule has 0 aromatic heterocycles. The van der Waals surface area contributed by atoms with Gasteiger partial charge in [0.2, 0.25) is 5.91 Å². The number of amides is 4. The fraction of sp³-hybridized carbons (Fsp3) is 0.591. The van der Waals surface area contributed by atoms with Crippen molar-refractivity contribution in [3.8, 4) is 0 Å². The number of rotatable bonds is 5. The molecule has 2 aliphatic heterocycles. The van der Waals surface area contributed by atoms with Crippen molar-refractivity contribution in [2.24, 2.45) is 0 Å². The van der Waals surface area contributed by atoms with Gasteiger partial charge in [0.25, 0.3) is 5.91 Å². The summed E-state index contributed by atoms with van der Waals surface area (Å²) in [5, 5.41) is 2.90. The lowest BCUT2D eigenvalue weighted by molar-refractivity contribution is -0.134. The van der Waals surface area contributed by atoms with Gasteiger partial charge in [-0.3, -0.25) is 14.5 Å². The quantitative estimate of drug-likeness (QED) is 0.793. The van der Waals surface area contributed by atoms with Gasteiger partial charge in [0.15, 0.2) is 0 Å². The second kappa shape index (κ2) is 7.57. The molecule has 1 aliphatic carbocycles. The molecule has 1 aromatic carbocycles. The first-order valence-electron chi connectivity index (χ1n) is 10.5. The number of nitrogens with zero attached hydrogens (tertiary/aromatic N) is 2. The van der Waals surface area contributed by atoms with Gasteiger partial charge in [-0.2, -0.15) is 0 Å². The fourth-order valence-corrected chi connectivity index (χ4v) is 4.93. The summed E-state index contributed by atoms with van der Waals surface area (Å²) in [5.41, 5.74) is 1.74. The van der Waals surface area contributed by atoms with Crippen molar-refractivity contribution in [2.75, 3.05) is 13.1 Å². The van der Waals surface area contributed by atoms with Crippen molar-refractivity contribution in [3.63, 3.8) is 0 Å². The molecule has 2 saturated heterocycles. The second-order valence-electron chi connectivity index (χ2n) is 8.44. The standard InChI is InChI=1S/C22H29N3O3/c1-16-8-10-17(11-9-16)18-6-4-14-24(18)19(26)7-5-15-25-20(27)22(23-21(25)28)12-2-3-13-22/h8-11,18H,2-7,12-15H2,1H3,(H,23,28). The van der Waals surface area contributed by atoms with Crippen LogP contribution in [-0.4, -0.2) is 46.3 Å². The summed E-state index contributed by atoms with van der Waals surface area (Å²) in [4.78, 5) is 41.0. The van der Waals surface area contributed by atoms with E-state index in [1.54, 1.807) is 0 Å². The normalized spacial score (nSPS) is 23.7. The van der Waals surface area contributed by atoms with Gasteiger partial charge in [-0.15, -0.1) is 0 Å². The topological polar surface area (TPSA) is 69.7 Å². The van der Waals surface area contributed by atoms with Gasteiger partial charge in [-0.25, -0.2) is 4.79 Å². The van der Waals surface area contributed by atoms with Crippen LogP contribution in [-0.2, 0) is 9.59 Å². The summed E-state index contributed by atoms with van der Waals surface area (Å²) in [5.74, 6) is 0.0202. The number of likely N-dealkylation sites (tertiary alicyclic amines) is 1. The molecular formula is C22H29N3O3. The molecule has 1 N–H and O–H groups in total. The maximum Gasteiger partial charge on any atom is 0.325 e. The van der Waals surface area contributed by atoms with Crippen LogP contribution in [0.5, 0.6) is 0 Å². The Morgan fingerprint density at radius 2 is 1.86 bits per heavy atom. The largest absolute Gasteiger partial charge is 0.336 e. The Morgan fingerprint density at radius 1 is 1.14 bits per heavy atom. The number of aryl methyl sites for hydroxylation is 1. The zero-order valence-electron chi connectivity index (χ0n) is 16.6. The van der Waals surface area contributed by atoms with Crippen LogP contribution >= 0.6 is 0 Å². The van der Waals surface area contributed by atoms with E-state index < -0.39 is 5.54 Å². The van der Waals surface area contributed by atoms with E-state index in [1.165, 1.54) is 16.0 Å². The van der Waals surface area contributed by atoms with Gasteiger partial charge >= 0.3 is 6.03 Å². The van der Waals surface area contributed by atoms with Crippen LogP contribution < -0.4 is 5.32 Å². The van der Waals surface area contributed by atoms with Crippen molar-refractivity contribution >= 4 is 17.8 Å². The lowest BCUT2D eigenvalue weighted by Crippen LogP contribution is -2.44. The van der Waals surface area contributed by atoms with E-state index in [1.807, 2.05) is 4.90 Å². The van der Waals surface area contributed by atoms with Crippen molar-refractivity contribution in [1.29, 1.82) is 0 Å². The Hall–Kier alpha value is -2.37. The molecule has 1 atom stereocenters. The number of carbonyl (C=O) groups is 3. The highest BCUT2D eigenvalue weighted by molar-refractivity contribution is 6.07. The molecule has 4 amide bonds. The lowest BCUT2D eigenvalue weighted by Gasteiger charge is -2.25. The summed E-state index contributed by atoms with van der Waals surface area (Å²) in [6, 6.07) is 8.25. The lowest BCUT2D eigenvalue weighted by atomic mass is 9.98. The fourth-order valence-electron chi connectivity index (χ4n) is 4.93. The van der Waals surface area contributed by atoms with Gasteiger partial charge in [-0.1, -0.05) is 42.7 Å². The summed E-state index contributed by atoms with van der Waals surface area (Å²) < 4.78 is 0. The molecule has 0 bridgehead atoms. The van der Waals surface area contributed by atoms with Crippen molar-refractivity contribution in [1.82, 2.24) is 15.1 Å². The first-order valence-corrected chi connectivity index (χ1v) is 10.5. The zero-order chi connectivity index (χ0) is 19.7. The van der Waals surface area contributed by atoms with E-state index in [4.69, 9.17) is 0 Å². The molecular weight excluding hydrogens is 354 g/mol. The third-order valence-corrected chi connectivity index (χ3v) is 6.51. The number of nitrogens with one attached hydrogen (secondary N) is 1. The number of hydrogen-bond acceptors (Lipinski definition) is 3. The molecule has 3 fully saturated rings. The maximum atomic E-state index is 12.8. The van der Waals surface area contributed by atoms with Gasteiger partial charge < -0.3 is 10.2 Å². The average molecular weight is 383 g/mol. The van der Waals surface area contributed by atoms with Gasteiger partial charge in [0, 0.05) is 19.5 Å². The van der Waals surface area contributed by atoms with E-state index in [0.717, 1.165) is 45.1 Å². The molecule has 150 valence electrons. The van der Waals surface area contributed by atoms with Crippen LogP contribution in [0.15, 0.2) is 24.3 Å². The number of urea groups is 1. The van der Waals surface area contributed by atoms with E-state index in [0.29, 0.717) is 19.4 Å². The molecule has 1 spiro atoms. The van der Waals surface area contributed by atoms with Crippen molar-refractivity contribution < 1.29 is 14.4 Å². The average Bonchev–Trinajstić information content (AvgIpc) is 3.39. The summed E-state index contributed by atoms with van der Waals surface area (Å²) in [6.45, 7) is 3.16. The molecule has 4 rings (SSSR count). The Balaban J connectivity index is 1.32. The van der Waals surface area contributed by atoms with E-state index in [9.17, 15) is 14.4 Å². The molecule has 3 aliphatic rings. The van der Waals surface area contributed by atoms with E-state index in [-0.39, 0.29) is 23.9 Å². The molecule has 6 heteroatoms. The minimum atomic E-state index is -0.660. The Kier molecular flexibility index (Phi) is 5.13. The highest BCUT2D eigenvalue weighted by atomic mass is 16.2. The second-order valence-corrected chi connectivity index (χ2v) is 8.44. The minimum Gasteiger partial charge on any atom is -0.336 e. The van der Waals surface area contributed by atoms with Crippen LogP contribution in [0, 0.1) is 6.92 Å². The predicted molar refractivity (Wildman–Crippen MR) is 106 cm³/mol. The highest BCUT2D eigenvalue weighted by Crippen LogP contribution is 2.35. The predicted octanol–water partition coefficient (Wildman–Crippen LogP) is 3.30. The van der Waals surface area contributed by atoms with Crippen LogP contribution in [0.2, 0.25) is 0 Å².